The van der Waals surface area contributed by atoms with Crippen LogP contribution in [-0.4, -0.2) is 25.7 Å². The molecular formula is C21H21F2N3O2. The van der Waals surface area contributed by atoms with Gasteiger partial charge in [0.1, 0.15) is 11.3 Å². The number of para-hydroxylation sites is 1. The average Bonchev–Trinajstić information content (AvgIpc) is 3.33. The van der Waals surface area contributed by atoms with E-state index in [0.717, 1.165) is 30.0 Å². The molecule has 1 aliphatic heterocycles. The molecule has 2 N–H and O–H groups in total. The van der Waals surface area contributed by atoms with E-state index < -0.39 is 11.6 Å². The highest BCUT2D eigenvalue weighted by Gasteiger charge is 2.23. The van der Waals surface area contributed by atoms with Crippen LogP contribution in [0.3, 0.4) is 0 Å². The van der Waals surface area contributed by atoms with Gasteiger partial charge in [-0.1, -0.05) is 18.2 Å². The third kappa shape index (κ3) is 4.08. The Balaban J connectivity index is 1.23. The lowest BCUT2D eigenvalue weighted by atomic mass is 10.1. The molecule has 2 aromatic carbocycles. The van der Waals surface area contributed by atoms with Crippen LogP contribution in [0.15, 0.2) is 52.9 Å². The van der Waals surface area contributed by atoms with Gasteiger partial charge in [0.05, 0.1) is 6.54 Å². The molecule has 3 aromatic rings. The predicted octanol–water partition coefficient (Wildman–Crippen LogP) is 4.04. The number of hydrogen-bond donors (Lipinski definition) is 2. The molecule has 0 bridgehead atoms. The van der Waals surface area contributed by atoms with Crippen molar-refractivity contribution in [3.63, 3.8) is 0 Å². The molecular weight excluding hydrogens is 364 g/mol. The molecule has 146 valence electrons. The summed E-state index contributed by atoms with van der Waals surface area (Å²) < 4.78 is 32.1. The fourth-order valence-corrected chi connectivity index (χ4v) is 3.51. The number of halogens is 2. The van der Waals surface area contributed by atoms with E-state index in [9.17, 15) is 13.6 Å². The molecule has 1 aliphatic rings. The Labute approximate surface area is 161 Å². The third-order valence-electron chi connectivity index (χ3n) is 5.01. The van der Waals surface area contributed by atoms with Crippen LogP contribution in [0.4, 0.5) is 19.3 Å². The SMILES string of the molecule is O=C(NCc1cc2ccccc2o1)NCC1CCN(c2ccc(F)c(F)c2)C1. The number of benzene rings is 2. The second-order valence-corrected chi connectivity index (χ2v) is 7.01. The zero-order valence-corrected chi connectivity index (χ0v) is 15.3. The first kappa shape index (κ1) is 18.3. The molecule has 0 saturated carbocycles. The molecule has 1 unspecified atom stereocenters. The van der Waals surface area contributed by atoms with E-state index in [1.807, 2.05) is 35.2 Å². The zero-order chi connectivity index (χ0) is 19.5. The number of furan rings is 1. The van der Waals surface area contributed by atoms with Crippen molar-refractivity contribution in [2.45, 2.75) is 13.0 Å². The summed E-state index contributed by atoms with van der Waals surface area (Å²) in [7, 11) is 0. The molecule has 1 saturated heterocycles. The van der Waals surface area contributed by atoms with Crippen LogP contribution in [-0.2, 0) is 6.54 Å². The number of amides is 2. The van der Waals surface area contributed by atoms with Crippen LogP contribution in [0.1, 0.15) is 12.2 Å². The van der Waals surface area contributed by atoms with Crippen molar-refractivity contribution in [2.75, 3.05) is 24.5 Å². The standard InChI is InChI=1S/C21H21F2N3O2/c22-18-6-5-16(10-19(18)23)26-8-7-14(13-26)11-24-21(27)25-12-17-9-15-3-1-2-4-20(15)28-17/h1-6,9-10,14H,7-8,11-13H2,(H2,24,25,27). The Morgan fingerprint density at radius 3 is 2.79 bits per heavy atom. The lowest BCUT2D eigenvalue weighted by molar-refractivity contribution is 0.238. The number of fused-ring (bicyclic) bond motifs is 1. The van der Waals surface area contributed by atoms with Gasteiger partial charge in [0, 0.05) is 36.8 Å². The number of urea groups is 1. The Kier molecular flexibility index (Phi) is 5.14. The molecule has 7 heteroatoms. The summed E-state index contributed by atoms with van der Waals surface area (Å²) in [6, 6.07) is 13.3. The summed E-state index contributed by atoms with van der Waals surface area (Å²) >= 11 is 0. The maximum absolute atomic E-state index is 13.4. The molecule has 2 amide bonds. The van der Waals surface area contributed by atoms with Crippen LogP contribution in [0.25, 0.3) is 11.0 Å². The minimum Gasteiger partial charge on any atom is -0.459 e. The smallest absolute Gasteiger partial charge is 0.315 e. The highest BCUT2D eigenvalue weighted by molar-refractivity contribution is 5.78. The molecule has 1 aromatic heterocycles. The van der Waals surface area contributed by atoms with Gasteiger partial charge in [-0.25, -0.2) is 13.6 Å². The lowest BCUT2D eigenvalue weighted by Crippen LogP contribution is -2.38. The van der Waals surface area contributed by atoms with Gasteiger partial charge < -0.3 is 20.0 Å². The van der Waals surface area contributed by atoms with Crippen molar-refractivity contribution < 1.29 is 18.0 Å². The summed E-state index contributed by atoms with van der Waals surface area (Å²) in [5, 5.41) is 6.66. The second kappa shape index (κ2) is 7.88. The third-order valence-corrected chi connectivity index (χ3v) is 5.01. The molecule has 0 radical (unpaired) electrons. The molecule has 5 nitrogen and oxygen atoms in total. The van der Waals surface area contributed by atoms with Crippen molar-refractivity contribution in [2.24, 2.45) is 5.92 Å². The van der Waals surface area contributed by atoms with Gasteiger partial charge in [-0.2, -0.15) is 0 Å². The van der Waals surface area contributed by atoms with Gasteiger partial charge in [0.2, 0.25) is 0 Å². The highest BCUT2D eigenvalue weighted by Crippen LogP contribution is 2.25. The summed E-state index contributed by atoms with van der Waals surface area (Å²) in [5.74, 6) is -0.738. The van der Waals surface area contributed by atoms with Gasteiger partial charge in [-0.15, -0.1) is 0 Å². The van der Waals surface area contributed by atoms with Crippen molar-refractivity contribution in [3.05, 3.63) is 65.9 Å². The molecule has 1 fully saturated rings. The van der Waals surface area contributed by atoms with E-state index in [4.69, 9.17) is 4.42 Å². The summed E-state index contributed by atoms with van der Waals surface area (Å²) in [6.07, 6.45) is 0.878. The van der Waals surface area contributed by atoms with Crippen LogP contribution < -0.4 is 15.5 Å². The van der Waals surface area contributed by atoms with E-state index in [1.165, 1.54) is 6.07 Å². The minimum absolute atomic E-state index is 0.255. The monoisotopic (exact) mass is 385 g/mol. The van der Waals surface area contributed by atoms with E-state index in [-0.39, 0.29) is 11.9 Å². The largest absolute Gasteiger partial charge is 0.459 e. The van der Waals surface area contributed by atoms with Gasteiger partial charge in [0.15, 0.2) is 11.6 Å². The minimum atomic E-state index is -0.845. The number of anilines is 1. The highest BCUT2D eigenvalue weighted by atomic mass is 19.2. The summed E-state index contributed by atoms with van der Waals surface area (Å²) in [4.78, 5) is 14.1. The Morgan fingerprint density at radius 2 is 1.96 bits per heavy atom. The van der Waals surface area contributed by atoms with Crippen molar-refractivity contribution in [1.29, 1.82) is 0 Å². The summed E-state index contributed by atoms with van der Waals surface area (Å²) in [6.45, 7) is 2.27. The summed E-state index contributed by atoms with van der Waals surface area (Å²) in [5.41, 5.74) is 1.46. The van der Waals surface area contributed by atoms with Crippen LogP contribution in [0, 0.1) is 17.6 Å². The number of hydrogen-bond acceptors (Lipinski definition) is 3. The van der Waals surface area contributed by atoms with Crippen molar-refractivity contribution >= 4 is 22.7 Å². The quantitative estimate of drug-likeness (QED) is 0.697. The first-order valence-corrected chi connectivity index (χ1v) is 9.27. The van der Waals surface area contributed by atoms with Gasteiger partial charge in [0.25, 0.3) is 0 Å². The normalized spacial score (nSPS) is 16.5. The molecule has 28 heavy (non-hydrogen) atoms. The van der Waals surface area contributed by atoms with Crippen molar-refractivity contribution in [3.8, 4) is 0 Å². The van der Waals surface area contributed by atoms with Crippen molar-refractivity contribution in [1.82, 2.24) is 10.6 Å². The van der Waals surface area contributed by atoms with Crippen LogP contribution >= 0.6 is 0 Å². The maximum atomic E-state index is 13.4. The zero-order valence-electron chi connectivity index (χ0n) is 15.3. The maximum Gasteiger partial charge on any atom is 0.315 e. The second-order valence-electron chi connectivity index (χ2n) is 7.01. The van der Waals surface area contributed by atoms with E-state index >= 15 is 0 Å². The number of rotatable bonds is 5. The average molecular weight is 385 g/mol. The fraction of sp³-hybridized carbons (Fsp3) is 0.286. The lowest BCUT2D eigenvalue weighted by Gasteiger charge is -2.19. The first-order chi connectivity index (χ1) is 13.6. The number of carbonyl (C=O) groups is 1. The Morgan fingerprint density at radius 1 is 1.11 bits per heavy atom. The van der Waals surface area contributed by atoms with E-state index in [2.05, 4.69) is 10.6 Å². The van der Waals surface area contributed by atoms with Gasteiger partial charge in [-0.3, -0.25) is 0 Å². The topological polar surface area (TPSA) is 57.5 Å². The van der Waals surface area contributed by atoms with Gasteiger partial charge >= 0.3 is 6.03 Å². The number of nitrogens with one attached hydrogen (secondary N) is 2. The first-order valence-electron chi connectivity index (χ1n) is 9.27. The van der Waals surface area contributed by atoms with Gasteiger partial charge in [-0.05, 0) is 36.6 Å². The molecule has 0 spiro atoms. The predicted molar refractivity (Wildman–Crippen MR) is 103 cm³/mol. The number of carbonyl (C=O) groups excluding carboxylic acids is 1. The molecule has 1 atom stereocenters. The molecule has 0 aliphatic carbocycles. The molecule has 4 rings (SSSR count). The fourth-order valence-electron chi connectivity index (χ4n) is 3.51. The molecule has 2 heterocycles. The number of nitrogens with zero attached hydrogens (tertiary/aromatic N) is 1. The Hall–Kier alpha value is -3.09. The van der Waals surface area contributed by atoms with E-state index in [1.54, 1.807) is 6.07 Å². The van der Waals surface area contributed by atoms with Crippen LogP contribution in [0.2, 0.25) is 0 Å². The van der Waals surface area contributed by atoms with E-state index in [0.29, 0.717) is 31.1 Å². The Bertz CT molecular complexity index is 956. The van der Waals surface area contributed by atoms with Crippen LogP contribution in [0.5, 0.6) is 0 Å².